The maximum absolute atomic E-state index is 4.72. The van der Waals surface area contributed by atoms with Crippen LogP contribution < -0.4 is 5.32 Å². The number of guanidine groups is 1. The van der Waals surface area contributed by atoms with Crippen LogP contribution in [0.15, 0.2) is 4.99 Å². The molecule has 1 saturated carbocycles. The lowest BCUT2D eigenvalue weighted by molar-refractivity contribution is 0.203. The van der Waals surface area contributed by atoms with E-state index in [-0.39, 0.29) is 24.0 Å². The molecule has 112 valence electrons. The molecule has 4 heteroatoms. The van der Waals surface area contributed by atoms with Gasteiger partial charge in [0, 0.05) is 26.2 Å². The van der Waals surface area contributed by atoms with Gasteiger partial charge in [-0.25, -0.2) is 0 Å². The van der Waals surface area contributed by atoms with Crippen LogP contribution in [0.3, 0.4) is 0 Å². The van der Waals surface area contributed by atoms with Crippen molar-refractivity contribution in [3.8, 4) is 0 Å². The molecule has 0 atom stereocenters. The van der Waals surface area contributed by atoms with Gasteiger partial charge in [0.15, 0.2) is 5.96 Å². The molecular weight excluding hydrogens is 349 g/mol. The third-order valence-electron chi connectivity index (χ3n) is 4.47. The van der Waals surface area contributed by atoms with Gasteiger partial charge in [-0.1, -0.05) is 26.2 Å². The summed E-state index contributed by atoms with van der Waals surface area (Å²) in [6.07, 6.45) is 9.73. The molecule has 2 rings (SSSR count). The number of likely N-dealkylation sites (tertiary alicyclic amines) is 1. The van der Waals surface area contributed by atoms with Gasteiger partial charge < -0.3 is 10.2 Å². The van der Waals surface area contributed by atoms with Crippen LogP contribution in [0.4, 0.5) is 0 Å². The molecule has 19 heavy (non-hydrogen) atoms. The van der Waals surface area contributed by atoms with Crippen LogP contribution in [-0.2, 0) is 0 Å². The van der Waals surface area contributed by atoms with E-state index in [1.54, 1.807) is 0 Å². The molecule has 0 radical (unpaired) electrons. The van der Waals surface area contributed by atoms with Crippen LogP contribution in [-0.4, -0.2) is 37.0 Å². The Morgan fingerprint density at radius 1 is 1.16 bits per heavy atom. The monoisotopic (exact) mass is 379 g/mol. The number of nitrogens with zero attached hydrogens (tertiary/aromatic N) is 2. The van der Waals surface area contributed by atoms with Crippen molar-refractivity contribution in [2.45, 2.75) is 58.8 Å². The van der Waals surface area contributed by atoms with Gasteiger partial charge in [-0.2, -0.15) is 0 Å². The topological polar surface area (TPSA) is 27.6 Å². The first-order valence-corrected chi connectivity index (χ1v) is 7.83. The normalized spacial score (nSPS) is 22.4. The van der Waals surface area contributed by atoms with Crippen molar-refractivity contribution in [1.82, 2.24) is 10.2 Å². The highest BCUT2D eigenvalue weighted by atomic mass is 127. The van der Waals surface area contributed by atoms with Crippen molar-refractivity contribution in [1.29, 1.82) is 0 Å². The molecule has 1 saturated heterocycles. The van der Waals surface area contributed by atoms with E-state index in [0.717, 1.165) is 25.5 Å². The molecule has 1 aliphatic carbocycles. The number of hydrogen-bond donors (Lipinski definition) is 1. The smallest absolute Gasteiger partial charge is 0.193 e. The van der Waals surface area contributed by atoms with Gasteiger partial charge in [-0.3, -0.25) is 4.99 Å². The second-order valence-corrected chi connectivity index (χ2v) is 5.97. The van der Waals surface area contributed by atoms with Crippen LogP contribution in [0.1, 0.15) is 58.8 Å². The minimum Gasteiger partial charge on any atom is -0.357 e. The molecule has 1 aliphatic heterocycles. The fraction of sp³-hybridized carbons (Fsp3) is 0.933. The van der Waals surface area contributed by atoms with Gasteiger partial charge in [0.25, 0.3) is 0 Å². The fourth-order valence-electron chi connectivity index (χ4n) is 3.47. The Kier molecular flexibility index (Phi) is 7.47. The summed E-state index contributed by atoms with van der Waals surface area (Å²) in [6.45, 7) is 8.73. The summed E-state index contributed by atoms with van der Waals surface area (Å²) in [7, 11) is 0. The first-order chi connectivity index (χ1) is 8.79. The van der Waals surface area contributed by atoms with E-state index in [4.69, 9.17) is 4.99 Å². The highest BCUT2D eigenvalue weighted by Gasteiger charge is 2.39. The lowest BCUT2D eigenvalue weighted by Crippen LogP contribution is -2.41. The van der Waals surface area contributed by atoms with Gasteiger partial charge in [-0.15, -0.1) is 24.0 Å². The van der Waals surface area contributed by atoms with E-state index < -0.39 is 0 Å². The Balaban J connectivity index is 0.00000180. The zero-order valence-corrected chi connectivity index (χ0v) is 14.9. The van der Waals surface area contributed by atoms with Crippen molar-refractivity contribution in [2.75, 3.05) is 26.2 Å². The third-order valence-corrected chi connectivity index (χ3v) is 4.47. The van der Waals surface area contributed by atoms with E-state index in [9.17, 15) is 0 Å². The molecule has 0 aromatic carbocycles. The Morgan fingerprint density at radius 2 is 1.89 bits per heavy atom. The average molecular weight is 379 g/mol. The van der Waals surface area contributed by atoms with E-state index >= 15 is 0 Å². The van der Waals surface area contributed by atoms with Crippen LogP contribution >= 0.6 is 24.0 Å². The molecule has 2 fully saturated rings. The number of nitrogens with one attached hydrogen (secondary N) is 1. The third kappa shape index (κ3) is 4.50. The molecule has 0 bridgehead atoms. The molecule has 1 spiro atoms. The summed E-state index contributed by atoms with van der Waals surface area (Å²) in [5, 5.41) is 3.46. The number of halogens is 1. The van der Waals surface area contributed by atoms with Crippen molar-refractivity contribution in [2.24, 2.45) is 10.4 Å². The summed E-state index contributed by atoms with van der Waals surface area (Å²) in [5.74, 6) is 1.15. The summed E-state index contributed by atoms with van der Waals surface area (Å²) in [6, 6.07) is 0. The summed E-state index contributed by atoms with van der Waals surface area (Å²) in [4.78, 5) is 7.23. The minimum absolute atomic E-state index is 0. The van der Waals surface area contributed by atoms with Crippen molar-refractivity contribution in [3.05, 3.63) is 0 Å². The van der Waals surface area contributed by atoms with E-state index in [1.165, 1.54) is 51.6 Å². The maximum Gasteiger partial charge on any atom is 0.193 e. The van der Waals surface area contributed by atoms with Gasteiger partial charge >= 0.3 is 0 Å². The minimum atomic E-state index is 0. The first-order valence-electron chi connectivity index (χ1n) is 7.83. The van der Waals surface area contributed by atoms with Crippen LogP contribution in [0.2, 0.25) is 0 Å². The first kappa shape index (κ1) is 17.1. The molecule has 1 heterocycles. The van der Waals surface area contributed by atoms with Crippen molar-refractivity contribution >= 4 is 29.9 Å². The molecular formula is C15H30IN3. The molecule has 1 N–H and O–H groups in total. The lowest BCUT2D eigenvalue weighted by Gasteiger charge is -2.33. The van der Waals surface area contributed by atoms with Crippen LogP contribution in [0.5, 0.6) is 0 Å². The van der Waals surface area contributed by atoms with Crippen LogP contribution in [0, 0.1) is 5.41 Å². The number of aliphatic imine (C=N–C) groups is 1. The number of hydrogen-bond acceptors (Lipinski definition) is 1. The van der Waals surface area contributed by atoms with Crippen molar-refractivity contribution < 1.29 is 0 Å². The zero-order valence-electron chi connectivity index (χ0n) is 12.6. The Morgan fingerprint density at radius 3 is 2.53 bits per heavy atom. The average Bonchev–Trinajstić information content (AvgIpc) is 2.79. The van der Waals surface area contributed by atoms with E-state index in [1.807, 2.05) is 0 Å². The number of rotatable bonds is 3. The molecule has 0 amide bonds. The Hall–Kier alpha value is 0. The largest absolute Gasteiger partial charge is 0.357 e. The lowest BCUT2D eigenvalue weighted by atomic mass is 9.73. The molecule has 3 nitrogen and oxygen atoms in total. The Bertz CT molecular complexity index is 285. The fourth-order valence-corrected chi connectivity index (χ4v) is 3.47. The summed E-state index contributed by atoms with van der Waals surface area (Å²) < 4.78 is 0. The zero-order chi connectivity index (χ0) is 12.8. The second-order valence-electron chi connectivity index (χ2n) is 5.97. The predicted octanol–water partition coefficient (Wildman–Crippen LogP) is 3.64. The highest BCUT2D eigenvalue weighted by Crippen LogP contribution is 2.43. The van der Waals surface area contributed by atoms with Crippen molar-refractivity contribution in [3.63, 3.8) is 0 Å². The maximum atomic E-state index is 4.72. The molecule has 0 aromatic heterocycles. The predicted molar refractivity (Wildman–Crippen MR) is 93.4 cm³/mol. The molecule has 2 aliphatic rings. The van der Waals surface area contributed by atoms with E-state index in [0.29, 0.717) is 5.41 Å². The summed E-state index contributed by atoms with van der Waals surface area (Å²) >= 11 is 0. The van der Waals surface area contributed by atoms with E-state index in [2.05, 4.69) is 24.1 Å². The Labute approximate surface area is 135 Å². The van der Waals surface area contributed by atoms with Crippen LogP contribution in [0.25, 0.3) is 0 Å². The van der Waals surface area contributed by atoms with Gasteiger partial charge in [-0.05, 0) is 38.0 Å². The summed E-state index contributed by atoms with van der Waals surface area (Å²) in [5.41, 5.74) is 0.626. The molecule has 0 unspecified atom stereocenters. The van der Waals surface area contributed by atoms with Gasteiger partial charge in [0.1, 0.15) is 0 Å². The van der Waals surface area contributed by atoms with Gasteiger partial charge in [0.2, 0.25) is 0 Å². The quantitative estimate of drug-likeness (QED) is 0.461. The standard InChI is InChI=1S/C15H29N3.HI/c1-3-11-17-14(16-4-2)18-12-10-15(13-18)8-6-5-7-9-15;/h3-13H2,1-2H3,(H,16,17);1H. The van der Waals surface area contributed by atoms with Gasteiger partial charge in [0.05, 0.1) is 0 Å². The molecule has 0 aromatic rings. The second kappa shape index (κ2) is 8.32. The highest BCUT2D eigenvalue weighted by molar-refractivity contribution is 14.0. The SMILES string of the molecule is CCCN=C(NCC)N1CCC2(CCCCC2)C1.I.